The van der Waals surface area contributed by atoms with Crippen molar-refractivity contribution in [1.82, 2.24) is 5.48 Å². The molecule has 0 bridgehead atoms. The molecular formula is C6H15NO3. The average molecular weight is 149 g/mol. The maximum Gasteiger partial charge on any atom is 0.0865 e. The summed E-state index contributed by atoms with van der Waals surface area (Å²) < 4.78 is 0. The van der Waals surface area contributed by atoms with Crippen molar-refractivity contribution >= 4 is 0 Å². The smallest absolute Gasteiger partial charge is 0.0865 e. The quantitative estimate of drug-likeness (QED) is 0.406. The standard InChI is InChI=1S/C6H15NO3/c1-5(7-10)3-6(2,9)4-8/h5,7-10H,3-4H2,1-2H3. The zero-order chi connectivity index (χ0) is 8.20. The lowest BCUT2D eigenvalue weighted by molar-refractivity contribution is -0.0235. The topological polar surface area (TPSA) is 72.7 Å². The fourth-order valence-electron chi connectivity index (χ4n) is 0.770. The first-order valence-electron chi connectivity index (χ1n) is 3.24. The van der Waals surface area contributed by atoms with Gasteiger partial charge in [0.25, 0.3) is 0 Å². The van der Waals surface area contributed by atoms with E-state index in [9.17, 15) is 5.11 Å². The Labute approximate surface area is 60.5 Å². The summed E-state index contributed by atoms with van der Waals surface area (Å²) in [7, 11) is 0. The van der Waals surface area contributed by atoms with Gasteiger partial charge in [0.05, 0.1) is 12.2 Å². The molecule has 2 atom stereocenters. The molecular weight excluding hydrogens is 134 g/mol. The number of nitrogens with one attached hydrogen (secondary N) is 1. The predicted octanol–water partition coefficient (Wildman–Crippen LogP) is -0.513. The molecule has 0 fully saturated rings. The lowest BCUT2D eigenvalue weighted by atomic mass is 9.99. The molecule has 62 valence electrons. The van der Waals surface area contributed by atoms with Crippen molar-refractivity contribution in [3.05, 3.63) is 0 Å². The maximum absolute atomic E-state index is 9.22. The molecule has 4 nitrogen and oxygen atoms in total. The highest BCUT2D eigenvalue weighted by Crippen LogP contribution is 2.09. The molecule has 0 amide bonds. The van der Waals surface area contributed by atoms with Crippen LogP contribution in [-0.2, 0) is 0 Å². The van der Waals surface area contributed by atoms with Crippen molar-refractivity contribution in [1.29, 1.82) is 0 Å². The summed E-state index contributed by atoms with van der Waals surface area (Å²) in [6.07, 6.45) is 0.319. The summed E-state index contributed by atoms with van der Waals surface area (Å²) in [6, 6.07) is -0.206. The molecule has 0 radical (unpaired) electrons. The van der Waals surface area contributed by atoms with E-state index in [2.05, 4.69) is 0 Å². The van der Waals surface area contributed by atoms with Crippen molar-refractivity contribution < 1.29 is 15.4 Å². The van der Waals surface area contributed by atoms with Crippen LogP contribution in [0.15, 0.2) is 0 Å². The molecule has 10 heavy (non-hydrogen) atoms. The molecule has 0 spiro atoms. The van der Waals surface area contributed by atoms with Crippen LogP contribution < -0.4 is 5.48 Å². The van der Waals surface area contributed by atoms with Crippen molar-refractivity contribution in [2.24, 2.45) is 0 Å². The average Bonchev–Trinajstić information content (AvgIpc) is 1.87. The Balaban J connectivity index is 3.64. The molecule has 0 aromatic rings. The highest BCUT2D eigenvalue weighted by atomic mass is 16.5. The predicted molar refractivity (Wildman–Crippen MR) is 36.7 cm³/mol. The van der Waals surface area contributed by atoms with Crippen LogP contribution in [0, 0.1) is 0 Å². The van der Waals surface area contributed by atoms with Crippen LogP contribution in [0.25, 0.3) is 0 Å². The minimum atomic E-state index is -1.10. The van der Waals surface area contributed by atoms with Crippen LogP contribution in [0.3, 0.4) is 0 Å². The molecule has 0 aliphatic carbocycles. The van der Waals surface area contributed by atoms with Crippen LogP contribution in [0.4, 0.5) is 0 Å². The van der Waals surface area contributed by atoms with E-state index in [0.717, 1.165) is 0 Å². The Morgan fingerprint density at radius 2 is 2.10 bits per heavy atom. The summed E-state index contributed by atoms with van der Waals surface area (Å²) in [5, 5.41) is 26.2. The zero-order valence-electron chi connectivity index (χ0n) is 6.33. The van der Waals surface area contributed by atoms with Crippen molar-refractivity contribution in [2.75, 3.05) is 6.61 Å². The third-order valence-corrected chi connectivity index (χ3v) is 1.31. The van der Waals surface area contributed by atoms with Gasteiger partial charge in [-0.3, -0.25) is 0 Å². The first-order chi connectivity index (χ1) is 4.52. The summed E-state index contributed by atoms with van der Waals surface area (Å²) in [6.45, 7) is 2.93. The molecule has 2 unspecified atom stereocenters. The monoisotopic (exact) mass is 149 g/mol. The molecule has 0 rings (SSSR count). The lowest BCUT2D eigenvalue weighted by Gasteiger charge is -2.23. The highest BCUT2D eigenvalue weighted by molar-refractivity contribution is 4.75. The van der Waals surface area contributed by atoms with Gasteiger partial charge >= 0.3 is 0 Å². The number of aliphatic hydroxyl groups is 2. The van der Waals surface area contributed by atoms with E-state index in [1.165, 1.54) is 6.92 Å². The minimum absolute atomic E-state index is 0.206. The normalized spacial score (nSPS) is 20.1. The second-order valence-corrected chi connectivity index (χ2v) is 2.89. The van der Waals surface area contributed by atoms with E-state index >= 15 is 0 Å². The lowest BCUT2D eigenvalue weighted by Crippen LogP contribution is -2.37. The molecule has 0 heterocycles. The van der Waals surface area contributed by atoms with Gasteiger partial charge in [0.2, 0.25) is 0 Å². The van der Waals surface area contributed by atoms with E-state index in [1.54, 1.807) is 6.92 Å². The van der Waals surface area contributed by atoms with Crippen LogP contribution in [-0.4, -0.2) is 33.7 Å². The summed E-state index contributed by atoms with van der Waals surface area (Å²) in [4.78, 5) is 0. The van der Waals surface area contributed by atoms with E-state index in [4.69, 9.17) is 10.3 Å². The third kappa shape index (κ3) is 3.79. The number of hydrogen-bond acceptors (Lipinski definition) is 4. The molecule has 0 aromatic heterocycles. The van der Waals surface area contributed by atoms with Crippen LogP contribution in [0.1, 0.15) is 20.3 Å². The third-order valence-electron chi connectivity index (χ3n) is 1.31. The fraction of sp³-hybridized carbons (Fsp3) is 1.00. The van der Waals surface area contributed by atoms with Crippen LogP contribution in [0.2, 0.25) is 0 Å². The second-order valence-electron chi connectivity index (χ2n) is 2.89. The van der Waals surface area contributed by atoms with Gasteiger partial charge in [-0.15, -0.1) is 0 Å². The fourth-order valence-corrected chi connectivity index (χ4v) is 0.770. The van der Waals surface area contributed by atoms with Gasteiger partial charge in [-0.2, -0.15) is 0 Å². The molecule has 0 saturated heterocycles. The molecule has 0 aromatic carbocycles. The number of hydroxylamine groups is 1. The van der Waals surface area contributed by atoms with Gasteiger partial charge in [0, 0.05) is 6.04 Å². The molecule has 0 aliphatic rings. The van der Waals surface area contributed by atoms with E-state index in [0.29, 0.717) is 6.42 Å². The van der Waals surface area contributed by atoms with E-state index < -0.39 is 5.60 Å². The Kier molecular flexibility index (Phi) is 3.81. The summed E-state index contributed by atoms with van der Waals surface area (Å²) in [5.74, 6) is 0. The van der Waals surface area contributed by atoms with Crippen molar-refractivity contribution in [3.63, 3.8) is 0 Å². The van der Waals surface area contributed by atoms with E-state index in [-0.39, 0.29) is 12.6 Å². The number of aliphatic hydroxyl groups excluding tert-OH is 1. The SMILES string of the molecule is CC(CC(C)(O)CO)NO. The van der Waals surface area contributed by atoms with E-state index in [1.807, 2.05) is 5.48 Å². The molecule has 4 heteroatoms. The zero-order valence-corrected chi connectivity index (χ0v) is 6.33. The molecule has 4 N–H and O–H groups in total. The first-order valence-corrected chi connectivity index (χ1v) is 3.24. The Morgan fingerprint density at radius 3 is 2.40 bits per heavy atom. The number of rotatable bonds is 4. The first kappa shape index (κ1) is 9.84. The van der Waals surface area contributed by atoms with Gasteiger partial charge < -0.3 is 15.4 Å². The minimum Gasteiger partial charge on any atom is -0.393 e. The number of hydrogen-bond donors (Lipinski definition) is 4. The summed E-state index contributed by atoms with van der Waals surface area (Å²) in [5.41, 5.74) is 0.882. The maximum atomic E-state index is 9.22. The van der Waals surface area contributed by atoms with Gasteiger partial charge in [-0.1, -0.05) is 0 Å². The highest BCUT2D eigenvalue weighted by Gasteiger charge is 2.21. The largest absolute Gasteiger partial charge is 0.393 e. The van der Waals surface area contributed by atoms with Gasteiger partial charge in [-0.25, -0.2) is 5.48 Å². The Hall–Kier alpha value is -0.160. The van der Waals surface area contributed by atoms with Crippen molar-refractivity contribution in [2.45, 2.75) is 31.9 Å². The second kappa shape index (κ2) is 3.88. The summed E-state index contributed by atoms with van der Waals surface area (Å²) >= 11 is 0. The van der Waals surface area contributed by atoms with Gasteiger partial charge in [0.15, 0.2) is 0 Å². The van der Waals surface area contributed by atoms with Gasteiger partial charge in [-0.05, 0) is 20.3 Å². The van der Waals surface area contributed by atoms with Crippen molar-refractivity contribution in [3.8, 4) is 0 Å². The molecule has 0 aliphatic heterocycles. The molecule has 0 saturated carbocycles. The Bertz CT molecular complexity index is 95.0. The van der Waals surface area contributed by atoms with Crippen LogP contribution >= 0.6 is 0 Å². The van der Waals surface area contributed by atoms with Gasteiger partial charge in [0.1, 0.15) is 0 Å². The van der Waals surface area contributed by atoms with Crippen LogP contribution in [0.5, 0.6) is 0 Å². The Morgan fingerprint density at radius 1 is 1.60 bits per heavy atom.